The summed E-state index contributed by atoms with van der Waals surface area (Å²) < 4.78 is 5.13. The zero-order valence-corrected chi connectivity index (χ0v) is 14.6. The number of carbonyl (C=O) groups is 2. The van der Waals surface area contributed by atoms with E-state index in [4.69, 9.17) is 4.74 Å². The first-order valence-corrected chi connectivity index (χ1v) is 7.87. The molecule has 0 bridgehead atoms. The van der Waals surface area contributed by atoms with E-state index >= 15 is 0 Å². The van der Waals surface area contributed by atoms with E-state index in [-0.39, 0.29) is 18.1 Å². The van der Waals surface area contributed by atoms with Gasteiger partial charge in [-0.3, -0.25) is 9.59 Å². The van der Waals surface area contributed by atoms with E-state index in [0.717, 1.165) is 11.1 Å². The average molecular weight is 325 g/mol. The second-order valence-corrected chi connectivity index (χ2v) is 6.05. The van der Waals surface area contributed by atoms with Crippen molar-refractivity contribution in [3.63, 3.8) is 0 Å². The zero-order valence-electron chi connectivity index (χ0n) is 14.6. The Labute approximate surface area is 143 Å². The minimum atomic E-state index is -0.492. The summed E-state index contributed by atoms with van der Waals surface area (Å²) >= 11 is 0. The van der Waals surface area contributed by atoms with E-state index in [1.807, 2.05) is 31.2 Å². The van der Waals surface area contributed by atoms with Gasteiger partial charge in [0.1, 0.15) is 5.75 Å². The van der Waals surface area contributed by atoms with Crippen LogP contribution < -0.4 is 4.74 Å². The van der Waals surface area contributed by atoms with Gasteiger partial charge in [-0.1, -0.05) is 29.8 Å². The predicted octanol–water partition coefficient (Wildman–Crippen LogP) is 3.45. The van der Waals surface area contributed by atoms with Gasteiger partial charge in [-0.25, -0.2) is 0 Å². The highest BCUT2D eigenvalue weighted by atomic mass is 16.5. The summed E-state index contributed by atoms with van der Waals surface area (Å²) in [4.78, 5) is 26.7. The maximum atomic E-state index is 13.0. The number of nitrogens with zero attached hydrogens (tertiary/aromatic N) is 1. The molecule has 1 amide bonds. The quantitative estimate of drug-likeness (QED) is 0.764. The third-order valence-electron chi connectivity index (χ3n) is 4.05. The number of methoxy groups -OCH3 is 1. The number of benzene rings is 2. The number of carbonyl (C=O) groups excluding carboxylic acids is 2. The molecule has 1 atom stereocenters. The minimum absolute atomic E-state index is 0.0586. The van der Waals surface area contributed by atoms with Crippen LogP contribution in [-0.2, 0) is 4.79 Å². The Morgan fingerprint density at radius 2 is 1.58 bits per heavy atom. The SMILES string of the molecule is COc1ccc(C(=O)[C@H](CC(=O)N(C)C)c2ccc(C)cc2)cc1. The van der Waals surface area contributed by atoms with Crippen LogP contribution in [0.15, 0.2) is 48.5 Å². The summed E-state index contributed by atoms with van der Waals surface area (Å²) in [6, 6.07) is 14.8. The van der Waals surface area contributed by atoms with Crippen molar-refractivity contribution in [1.82, 2.24) is 4.90 Å². The van der Waals surface area contributed by atoms with Gasteiger partial charge in [0.2, 0.25) is 5.91 Å². The summed E-state index contributed by atoms with van der Waals surface area (Å²) in [6.45, 7) is 2.00. The van der Waals surface area contributed by atoms with Crippen molar-refractivity contribution < 1.29 is 14.3 Å². The van der Waals surface area contributed by atoms with Crippen molar-refractivity contribution >= 4 is 11.7 Å². The number of Topliss-reactive ketones (excluding diaryl/α,β-unsaturated/α-hetero) is 1. The van der Waals surface area contributed by atoms with E-state index in [9.17, 15) is 9.59 Å². The molecule has 0 saturated heterocycles. The highest BCUT2D eigenvalue weighted by molar-refractivity contribution is 6.03. The number of aryl methyl sites for hydroxylation is 1. The van der Waals surface area contributed by atoms with Crippen LogP contribution >= 0.6 is 0 Å². The molecule has 0 N–H and O–H groups in total. The molecular formula is C20H23NO3. The first-order valence-electron chi connectivity index (χ1n) is 7.87. The second-order valence-electron chi connectivity index (χ2n) is 6.05. The average Bonchev–Trinajstić information content (AvgIpc) is 2.59. The molecule has 2 aromatic rings. The van der Waals surface area contributed by atoms with Crippen molar-refractivity contribution in [2.24, 2.45) is 0 Å². The Morgan fingerprint density at radius 1 is 1.00 bits per heavy atom. The molecule has 0 radical (unpaired) electrons. The fraction of sp³-hybridized carbons (Fsp3) is 0.300. The van der Waals surface area contributed by atoms with Crippen molar-refractivity contribution in [1.29, 1.82) is 0 Å². The molecule has 2 aromatic carbocycles. The third kappa shape index (κ3) is 4.22. The number of amides is 1. The van der Waals surface area contributed by atoms with Crippen LogP contribution in [0.1, 0.15) is 33.8 Å². The van der Waals surface area contributed by atoms with Gasteiger partial charge in [0, 0.05) is 26.1 Å². The molecule has 0 aromatic heterocycles. The van der Waals surface area contributed by atoms with Gasteiger partial charge in [-0.15, -0.1) is 0 Å². The summed E-state index contributed by atoms with van der Waals surface area (Å²) in [5.41, 5.74) is 2.55. The summed E-state index contributed by atoms with van der Waals surface area (Å²) in [6.07, 6.45) is 0.154. The molecule has 0 aliphatic carbocycles. The van der Waals surface area contributed by atoms with Gasteiger partial charge in [0.25, 0.3) is 0 Å². The zero-order chi connectivity index (χ0) is 17.7. The highest BCUT2D eigenvalue weighted by Gasteiger charge is 2.25. The van der Waals surface area contributed by atoms with E-state index in [1.54, 1.807) is 45.5 Å². The smallest absolute Gasteiger partial charge is 0.223 e. The topological polar surface area (TPSA) is 46.6 Å². The van der Waals surface area contributed by atoms with Crippen molar-refractivity contribution in [3.05, 3.63) is 65.2 Å². The first-order chi connectivity index (χ1) is 11.4. The minimum Gasteiger partial charge on any atom is -0.497 e. The van der Waals surface area contributed by atoms with Gasteiger partial charge < -0.3 is 9.64 Å². The monoisotopic (exact) mass is 325 g/mol. The molecule has 0 spiro atoms. The molecule has 0 aliphatic rings. The molecule has 4 nitrogen and oxygen atoms in total. The Balaban J connectivity index is 2.34. The Hall–Kier alpha value is -2.62. The maximum absolute atomic E-state index is 13.0. The standard InChI is InChI=1S/C20H23NO3/c1-14-5-7-15(8-6-14)18(13-19(22)21(2)3)20(23)16-9-11-17(24-4)12-10-16/h5-12,18H,13H2,1-4H3/t18-/m1/s1. The first kappa shape index (κ1) is 17.7. The second kappa shape index (κ2) is 7.77. The van der Waals surface area contributed by atoms with Gasteiger partial charge in [-0.2, -0.15) is 0 Å². The number of hydrogen-bond acceptors (Lipinski definition) is 3. The number of ether oxygens (including phenoxy) is 1. The van der Waals surface area contributed by atoms with E-state index in [2.05, 4.69) is 0 Å². The van der Waals surface area contributed by atoms with Crippen LogP contribution in [-0.4, -0.2) is 37.8 Å². The molecule has 0 saturated carbocycles. The van der Waals surface area contributed by atoms with Crippen LogP contribution in [0, 0.1) is 6.92 Å². The molecule has 24 heavy (non-hydrogen) atoms. The van der Waals surface area contributed by atoms with Gasteiger partial charge in [0.15, 0.2) is 5.78 Å². The lowest BCUT2D eigenvalue weighted by molar-refractivity contribution is -0.128. The van der Waals surface area contributed by atoms with E-state index < -0.39 is 5.92 Å². The molecule has 0 aliphatic heterocycles. The number of ketones is 1. The summed E-state index contributed by atoms with van der Waals surface area (Å²) in [5.74, 6) is 0.0795. The normalized spacial score (nSPS) is 11.7. The number of rotatable bonds is 6. The molecule has 0 unspecified atom stereocenters. The molecule has 0 fully saturated rings. The molecule has 126 valence electrons. The Bertz CT molecular complexity index is 703. The molecule has 0 heterocycles. The van der Waals surface area contributed by atoms with Crippen LogP contribution in [0.5, 0.6) is 5.75 Å². The lowest BCUT2D eigenvalue weighted by Gasteiger charge is -2.19. The van der Waals surface area contributed by atoms with Crippen LogP contribution in [0.3, 0.4) is 0 Å². The van der Waals surface area contributed by atoms with Crippen molar-refractivity contribution in [2.45, 2.75) is 19.3 Å². The van der Waals surface area contributed by atoms with E-state index in [0.29, 0.717) is 11.3 Å². The fourth-order valence-corrected chi connectivity index (χ4v) is 2.47. The van der Waals surface area contributed by atoms with Crippen LogP contribution in [0.2, 0.25) is 0 Å². The van der Waals surface area contributed by atoms with Gasteiger partial charge in [-0.05, 0) is 36.8 Å². The van der Waals surface area contributed by atoms with Gasteiger partial charge in [0.05, 0.1) is 13.0 Å². The third-order valence-corrected chi connectivity index (χ3v) is 4.05. The summed E-state index contributed by atoms with van der Waals surface area (Å²) in [7, 11) is 4.99. The number of hydrogen-bond donors (Lipinski definition) is 0. The molecule has 2 rings (SSSR count). The molecule has 4 heteroatoms. The van der Waals surface area contributed by atoms with E-state index in [1.165, 1.54) is 4.90 Å². The fourth-order valence-electron chi connectivity index (χ4n) is 2.47. The maximum Gasteiger partial charge on any atom is 0.223 e. The van der Waals surface area contributed by atoms with Crippen LogP contribution in [0.4, 0.5) is 0 Å². The Kier molecular flexibility index (Phi) is 5.74. The lowest BCUT2D eigenvalue weighted by atomic mass is 9.87. The largest absolute Gasteiger partial charge is 0.497 e. The van der Waals surface area contributed by atoms with Crippen LogP contribution in [0.25, 0.3) is 0 Å². The van der Waals surface area contributed by atoms with Crippen molar-refractivity contribution in [3.8, 4) is 5.75 Å². The lowest BCUT2D eigenvalue weighted by Crippen LogP contribution is -2.26. The van der Waals surface area contributed by atoms with Gasteiger partial charge >= 0.3 is 0 Å². The van der Waals surface area contributed by atoms with Crippen molar-refractivity contribution in [2.75, 3.05) is 21.2 Å². The Morgan fingerprint density at radius 3 is 2.08 bits per heavy atom. The molecular weight excluding hydrogens is 302 g/mol. The highest BCUT2D eigenvalue weighted by Crippen LogP contribution is 2.26. The predicted molar refractivity (Wildman–Crippen MR) is 94.6 cm³/mol. The summed E-state index contributed by atoms with van der Waals surface area (Å²) in [5, 5.41) is 0.